The van der Waals surface area contributed by atoms with Crippen LogP contribution in [-0.2, 0) is 4.79 Å². The quantitative estimate of drug-likeness (QED) is 0.538. The average Bonchev–Trinajstić information content (AvgIpc) is 2.89. The van der Waals surface area contributed by atoms with Gasteiger partial charge in [-0.2, -0.15) is 0 Å². The van der Waals surface area contributed by atoms with Crippen LogP contribution in [0.4, 0.5) is 5.69 Å². The van der Waals surface area contributed by atoms with Crippen molar-refractivity contribution in [3.05, 3.63) is 78.4 Å². The van der Waals surface area contributed by atoms with Gasteiger partial charge < -0.3 is 24.4 Å². The van der Waals surface area contributed by atoms with Crippen LogP contribution in [0.1, 0.15) is 23.2 Å². The summed E-state index contributed by atoms with van der Waals surface area (Å²) in [7, 11) is 3.06. The van der Waals surface area contributed by atoms with E-state index in [0.717, 1.165) is 5.75 Å². The minimum atomic E-state index is -0.163. The third-order valence-corrected chi connectivity index (χ3v) is 5.90. The lowest BCUT2D eigenvalue weighted by Gasteiger charge is -2.32. The third-order valence-electron chi connectivity index (χ3n) is 5.90. The molecule has 1 N–H and O–H groups in total. The van der Waals surface area contributed by atoms with Crippen LogP contribution in [0.15, 0.2) is 72.8 Å². The summed E-state index contributed by atoms with van der Waals surface area (Å²) >= 11 is 0. The molecule has 1 aliphatic heterocycles. The first kappa shape index (κ1) is 23.2. The molecule has 0 radical (unpaired) electrons. The molecule has 3 aromatic carbocycles. The predicted molar refractivity (Wildman–Crippen MR) is 130 cm³/mol. The number of hydrogen-bond acceptors (Lipinski definition) is 5. The summed E-state index contributed by atoms with van der Waals surface area (Å²) in [6, 6.07) is 22.1. The topological polar surface area (TPSA) is 77.1 Å². The lowest BCUT2D eigenvalue weighted by atomic mass is 9.95. The summed E-state index contributed by atoms with van der Waals surface area (Å²) in [5, 5.41) is 2.98. The van der Waals surface area contributed by atoms with Gasteiger partial charge in [0.25, 0.3) is 5.91 Å². The van der Waals surface area contributed by atoms with Crippen LogP contribution < -0.4 is 19.5 Å². The Morgan fingerprint density at radius 2 is 1.38 bits per heavy atom. The van der Waals surface area contributed by atoms with Gasteiger partial charge in [-0.3, -0.25) is 9.59 Å². The molecule has 176 valence electrons. The number of likely N-dealkylation sites (tertiary alicyclic amines) is 1. The van der Waals surface area contributed by atoms with Crippen LogP contribution in [0.25, 0.3) is 0 Å². The van der Waals surface area contributed by atoms with Gasteiger partial charge in [-0.1, -0.05) is 24.3 Å². The molecule has 4 rings (SSSR count). The van der Waals surface area contributed by atoms with Gasteiger partial charge in [0, 0.05) is 24.7 Å². The number of amides is 2. The van der Waals surface area contributed by atoms with Gasteiger partial charge in [-0.15, -0.1) is 0 Å². The Hall–Kier alpha value is -4.00. The van der Waals surface area contributed by atoms with Crippen molar-refractivity contribution in [1.29, 1.82) is 0 Å². The summed E-state index contributed by atoms with van der Waals surface area (Å²) in [6.45, 7) is 0.976. The van der Waals surface area contributed by atoms with Gasteiger partial charge in [0.1, 0.15) is 28.6 Å². The zero-order chi connectivity index (χ0) is 23.9. The molecule has 1 heterocycles. The monoisotopic (exact) mass is 460 g/mol. The van der Waals surface area contributed by atoms with E-state index in [1.165, 1.54) is 14.2 Å². The number of ether oxygens (including phenoxy) is 3. The normalized spacial score (nSPS) is 13.8. The van der Waals surface area contributed by atoms with Crippen LogP contribution in [-0.4, -0.2) is 44.0 Å². The molecular formula is C27H28N2O5. The Bertz CT molecular complexity index is 1100. The van der Waals surface area contributed by atoms with Crippen LogP contribution in [0, 0.1) is 5.92 Å². The van der Waals surface area contributed by atoms with Crippen LogP contribution >= 0.6 is 0 Å². The van der Waals surface area contributed by atoms with E-state index in [1.54, 1.807) is 23.1 Å². The van der Waals surface area contributed by atoms with Crippen LogP contribution in [0.2, 0.25) is 0 Å². The van der Waals surface area contributed by atoms with Crippen molar-refractivity contribution in [3.63, 3.8) is 0 Å². The first-order valence-electron chi connectivity index (χ1n) is 11.2. The molecule has 7 heteroatoms. The molecule has 0 saturated carbocycles. The largest absolute Gasteiger partial charge is 0.496 e. The Morgan fingerprint density at radius 3 is 1.97 bits per heavy atom. The maximum absolute atomic E-state index is 13.1. The zero-order valence-electron chi connectivity index (χ0n) is 19.3. The number of para-hydroxylation sites is 1. The number of anilines is 1. The highest BCUT2D eigenvalue weighted by atomic mass is 16.5. The van der Waals surface area contributed by atoms with E-state index in [1.807, 2.05) is 54.6 Å². The summed E-state index contributed by atoms with van der Waals surface area (Å²) in [4.78, 5) is 27.7. The van der Waals surface area contributed by atoms with Crippen molar-refractivity contribution in [2.75, 3.05) is 32.6 Å². The van der Waals surface area contributed by atoms with Gasteiger partial charge in [-0.25, -0.2) is 0 Å². The molecular weight excluding hydrogens is 432 g/mol. The second kappa shape index (κ2) is 10.7. The Labute approximate surface area is 199 Å². The number of rotatable bonds is 7. The van der Waals surface area contributed by atoms with Crippen molar-refractivity contribution in [1.82, 2.24) is 4.90 Å². The Kier molecular flexibility index (Phi) is 7.32. The average molecular weight is 461 g/mol. The molecule has 1 saturated heterocycles. The van der Waals surface area contributed by atoms with Crippen molar-refractivity contribution in [3.8, 4) is 23.0 Å². The standard InChI is InChI=1S/C27H28N2O5/c1-32-23-9-6-10-24(33-2)25(23)27(31)29-17-15-19(16-18-29)26(30)28-20-11-13-22(14-12-20)34-21-7-4-3-5-8-21/h3-14,19H,15-18H2,1-2H3,(H,28,30). The van der Waals surface area contributed by atoms with E-state index in [9.17, 15) is 9.59 Å². The number of hydrogen-bond donors (Lipinski definition) is 1. The minimum absolute atomic E-state index is 0.0429. The molecule has 7 nitrogen and oxygen atoms in total. The summed E-state index contributed by atoms with van der Waals surface area (Å²) in [5.41, 5.74) is 1.12. The number of methoxy groups -OCH3 is 2. The molecule has 0 atom stereocenters. The van der Waals surface area contributed by atoms with Crippen molar-refractivity contribution >= 4 is 17.5 Å². The maximum atomic E-state index is 13.1. The molecule has 0 spiro atoms. The second-order valence-corrected chi connectivity index (χ2v) is 8.03. The minimum Gasteiger partial charge on any atom is -0.496 e. The van der Waals surface area contributed by atoms with E-state index in [-0.39, 0.29) is 17.7 Å². The number of piperidine rings is 1. The van der Waals surface area contributed by atoms with E-state index >= 15 is 0 Å². The van der Waals surface area contributed by atoms with Gasteiger partial charge in [0.05, 0.1) is 14.2 Å². The molecule has 0 bridgehead atoms. The van der Waals surface area contributed by atoms with Crippen LogP contribution in [0.3, 0.4) is 0 Å². The summed E-state index contributed by atoms with van der Waals surface area (Å²) in [5.74, 6) is 2.05. The summed E-state index contributed by atoms with van der Waals surface area (Å²) in [6.07, 6.45) is 1.18. The maximum Gasteiger partial charge on any atom is 0.261 e. The number of carbonyl (C=O) groups excluding carboxylic acids is 2. The van der Waals surface area contributed by atoms with E-state index < -0.39 is 0 Å². The Balaban J connectivity index is 1.32. The van der Waals surface area contributed by atoms with Gasteiger partial charge in [-0.05, 0) is 61.4 Å². The van der Waals surface area contributed by atoms with Gasteiger partial charge in [0.15, 0.2) is 0 Å². The lowest BCUT2D eigenvalue weighted by molar-refractivity contribution is -0.121. The van der Waals surface area contributed by atoms with Crippen molar-refractivity contribution in [2.24, 2.45) is 5.92 Å². The van der Waals surface area contributed by atoms with Gasteiger partial charge in [0.2, 0.25) is 5.91 Å². The summed E-state index contributed by atoms with van der Waals surface area (Å²) < 4.78 is 16.5. The molecule has 0 aliphatic carbocycles. The van der Waals surface area contributed by atoms with Crippen molar-refractivity contribution in [2.45, 2.75) is 12.8 Å². The zero-order valence-corrected chi connectivity index (χ0v) is 19.3. The van der Waals surface area contributed by atoms with Crippen LogP contribution in [0.5, 0.6) is 23.0 Å². The molecule has 3 aromatic rings. The van der Waals surface area contributed by atoms with Crippen molar-refractivity contribution < 1.29 is 23.8 Å². The molecule has 0 unspecified atom stereocenters. The highest BCUT2D eigenvalue weighted by Crippen LogP contribution is 2.31. The Morgan fingerprint density at radius 1 is 0.794 bits per heavy atom. The number of nitrogens with one attached hydrogen (secondary N) is 1. The second-order valence-electron chi connectivity index (χ2n) is 8.03. The van der Waals surface area contributed by atoms with E-state index in [2.05, 4.69) is 5.32 Å². The first-order valence-corrected chi connectivity index (χ1v) is 11.2. The fourth-order valence-corrected chi connectivity index (χ4v) is 4.04. The molecule has 34 heavy (non-hydrogen) atoms. The number of carbonyl (C=O) groups is 2. The SMILES string of the molecule is COc1cccc(OC)c1C(=O)N1CCC(C(=O)Nc2ccc(Oc3ccccc3)cc2)CC1. The number of benzene rings is 3. The smallest absolute Gasteiger partial charge is 0.261 e. The lowest BCUT2D eigenvalue weighted by Crippen LogP contribution is -2.41. The molecule has 1 aliphatic rings. The highest BCUT2D eigenvalue weighted by molar-refractivity contribution is 6.00. The fraction of sp³-hybridized carbons (Fsp3) is 0.259. The third kappa shape index (κ3) is 5.31. The fourth-order valence-electron chi connectivity index (χ4n) is 4.04. The molecule has 1 fully saturated rings. The molecule has 2 amide bonds. The first-order chi connectivity index (χ1) is 16.6. The van der Waals surface area contributed by atoms with E-state index in [0.29, 0.717) is 54.4 Å². The predicted octanol–water partition coefficient (Wildman–Crippen LogP) is 4.99. The van der Waals surface area contributed by atoms with Gasteiger partial charge >= 0.3 is 0 Å². The highest BCUT2D eigenvalue weighted by Gasteiger charge is 2.30. The van der Waals surface area contributed by atoms with E-state index in [4.69, 9.17) is 14.2 Å². The molecule has 0 aromatic heterocycles. The number of nitrogens with zero attached hydrogens (tertiary/aromatic N) is 1.